The second kappa shape index (κ2) is 4.30. The van der Waals surface area contributed by atoms with Gasteiger partial charge in [-0.15, -0.1) is 0 Å². The van der Waals surface area contributed by atoms with E-state index in [2.05, 4.69) is 0 Å². The maximum absolute atomic E-state index is 11.2. The second-order valence-corrected chi connectivity index (χ2v) is 2.96. The topological polar surface area (TPSA) is 55.6 Å². The van der Waals surface area contributed by atoms with Crippen LogP contribution in [0.4, 0.5) is 4.79 Å². The number of hydrogen-bond acceptors (Lipinski definition) is 3. The molecule has 1 rings (SSSR count). The molecule has 0 saturated carbocycles. The van der Waals surface area contributed by atoms with Crippen molar-refractivity contribution in [3.05, 3.63) is 0 Å². The van der Waals surface area contributed by atoms with Crippen molar-refractivity contribution in [1.29, 1.82) is 0 Å². The molecule has 0 aromatic rings. The Bertz CT molecular complexity index is 161. The Morgan fingerprint density at radius 3 is 3.00 bits per heavy atom. The van der Waals surface area contributed by atoms with Gasteiger partial charge in [-0.3, -0.25) is 4.90 Å². The lowest BCUT2D eigenvalue weighted by molar-refractivity contribution is 0.0784. The van der Waals surface area contributed by atoms with Gasteiger partial charge in [-0.05, 0) is 26.2 Å². The Labute approximate surface area is 72.7 Å². The third-order valence-electron chi connectivity index (χ3n) is 2.05. The standard InChI is InChI=1S/C8H16N2O2/c1-2-12-8(11)10-6-4-3-5-7(10)9/h7H,2-6,9H2,1H3/t7-/m1/s1. The van der Waals surface area contributed by atoms with E-state index in [1.807, 2.05) is 0 Å². The molecule has 1 fully saturated rings. The van der Waals surface area contributed by atoms with Crippen LogP contribution in [0.15, 0.2) is 0 Å². The molecule has 0 unspecified atom stereocenters. The zero-order valence-electron chi connectivity index (χ0n) is 7.45. The highest BCUT2D eigenvalue weighted by molar-refractivity contribution is 5.68. The van der Waals surface area contributed by atoms with Gasteiger partial charge in [0, 0.05) is 6.54 Å². The summed E-state index contributed by atoms with van der Waals surface area (Å²) in [6.45, 7) is 2.95. The lowest BCUT2D eigenvalue weighted by atomic mass is 10.1. The Balaban J connectivity index is 2.42. The van der Waals surface area contributed by atoms with E-state index < -0.39 is 0 Å². The van der Waals surface area contributed by atoms with Crippen LogP contribution in [0, 0.1) is 0 Å². The maximum Gasteiger partial charge on any atom is 0.411 e. The molecule has 70 valence electrons. The van der Waals surface area contributed by atoms with Crippen LogP contribution in [0.1, 0.15) is 26.2 Å². The van der Waals surface area contributed by atoms with Crippen molar-refractivity contribution < 1.29 is 9.53 Å². The average Bonchev–Trinajstić information content (AvgIpc) is 2.05. The van der Waals surface area contributed by atoms with Crippen molar-refractivity contribution in [3.8, 4) is 0 Å². The van der Waals surface area contributed by atoms with Gasteiger partial charge < -0.3 is 10.5 Å². The van der Waals surface area contributed by atoms with Crippen LogP contribution in [0.5, 0.6) is 0 Å². The number of piperidine rings is 1. The summed E-state index contributed by atoms with van der Waals surface area (Å²) in [5.41, 5.74) is 5.74. The molecule has 1 heterocycles. The molecule has 2 N–H and O–H groups in total. The molecule has 0 spiro atoms. The Kier molecular flexibility index (Phi) is 3.34. The van der Waals surface area contributed by atoms with Crippen LogP contribution in [0.3, 0.4) is 0 Å². The Morgan fingerprint density at radius 1 is 1.67 bits per heavy atom. The Hall–Kier alpha value is -0.770. The zero-order chi connectivity index (χ0) is 8.97. The number of ether oxygens (including phenoxy) is 1. The predicted octanol–water partition coefficient (Wildman–Crippen LogP) is 0.914. The quantitative estimate of drug-likeness (QED) is 0.639. The van der Waals surface area contributed by atoms with Gasteiger partial charge in [0.15, 0.2) is 0 Å². The van der Waals surface area contributed by atoms with Gasteiger partial charge in [0.2, 0.25) is 0 Å². The second-order valence-electron chi connectivity index (χ2n) is 2.96. The summed E-state index contributed by atoms with van der Waals surface area (Å²) in [6, 6.07) is 0. The molecule has 0 aromatic heterocycles. The van der Waals surface area contributed by atoms with Gasteiger partial charge >= 0.3 is 6.09 Å². The number of hydrogen-bond donors (Lipinski definition) is 1. The van der Waals surface area contributed by atoms with E-state index in [1.165, 1.54) is 0 Å². The van der Waals surface area contributed by atoms with Crippen molar-refractivity contribution in [2.75, 3.05) is 13.2 Å². The molecule has 4 heteroatoms. The molecular formula is C8H16N2O2. The maximum atomic E-state index is 11.2. The number of carbonyl (C=O) groups is 1. The van der Waals surface area contributed by atoms with Gasteiger partial charge in [0.25, 0.3) is 0 Å². The van der Waals surface area contributed by atoms with Crippen molar-refractivity contribution in [1.82, 2.24) is 4.90 Å². The van der Waals surface area contributed by atoms with E-state index in [0.29, 0.717) is 6.61 Å². The van der Waals surface area contributed by atoms with Gasteiger partial charge in [0.1, 0.15) is 0 Å². The fourth-order valence-corrected chi connectivity index (χ4v) is 1.39. The average molecular weight is 172 g/mol. The molecule has 4 nitrogen and oxygen atoms in total. The molecule has 0 bridgehead atoms. The smallest absolute Gasteiger partial charge is 0.411 e. The highest BCUT2D eigenvalue weighted by Crippen LogP contribution is 2.13. The number of amides is 1. The van der Waals surface area contributed by atoms with E-state index >= 15 is 0 Å². The third-order valence-corrected chi connectivity index (χ3v) is 2.05. The molecule has 1 amide bonds. The highest BCUT2D eigenvalue weighted by Gasteiger charge is 2.24. The lowest BCUT2D eigenvalue weighted by Gasteiger charge is -2.31. The number of nitrogens with two attached hydrogens (primary N) is 1. The highest BCUT2D eigenvalue weighted by atomic mass is 16.6. The summed E-state index contributed by atoms with van der Waals surface area (Å²) in [7, 11) is 0. The first-order valence-corrected chi connectivity index (χ1v) is 4.44. The molecule has 1 aliphatic heterocycles. The fourth-order valence-electron chi connectivity index (χ4n) is 1.39. The van der Waals surface area contributed by atoms with Crippen LogP contribution < -0.4 is 5.73 Å². The first kappa shape index (κ1) is 9.32. The van der Waals surface area contributed by atoms with Crippen LogP contribution in [-0.4, -0.2) is 30.3 Å². The SMILES string of the molecule is CCOC(=O)N1CCCC[C@@H]1N. The van der Waals surface area contributed by atoms with E-state index in [4.69, 9.17) is 10.5 Å². The number of nitrogens with zero attached hydrogens (tertiary/aromatic N) is 1. The van der Waals surface area contributed by atoms with Crippen LogP contribution in [0.2, 0.25) is 0 Å². The molecule has 0 aliphatic carbocycles. The van der Waals surface area contributed by atoms with Crippen molar-refractivity contribution in [3.63, 3.8) is 0 Å². The molecular weight excluding hydrogens is 156 g/mol. The summed E-state index contributed by atoms with van der Waals surface area (Å²) in [5, 5.41) is 0. The normalized spacial score (nSPS) is 23.8. The van der Waals surface area contributed by atoms with Gasteiger partial charge in [0.05, 0.1) is 12.8 Å². The van der Waals surface area contributed by atoms with E-state index in [-0.39, 0.29) is 12.3 Å². The largest absolute Gasteiger partial charge is 0.450 e. The fraction of sp³-hybridized carbons (Fsp3) is 0.875. The Morgan fingerprint density at radius 2 is 2.42 bits per heavy atom. The molecule has 1 atom stereocenters. The molecule has 1 saturated heterocycles. The number of carbonyl (C=O) groups excluding carboxylic acids is 1. The van der Waals surface area contributed by atoms with Gasteiger partial charge in [-0.25, -0.2) is 4.79 Å². The molecule has 0 aromatic carbocycles. The minimum atomic E-state index is -0.273. The summed E-state index contributed by atoms with van der Waals surface area (Å²) >= 11 is 0. The number of rotatable bonds is 1. The summed E-state index contributed by atoms with van der Waals surface area (Å²) in [4.78, 5) is 12.8. The first-order valence-electron chi connectivity index (χ1n) is 4.44. The zero-order valence-corrected chi connectivity index (χ0v) is 7.45. The van der Waals surface area contributed by atoms with Gasteiger partial charge in [-0.1, -0.05) is 0 Å². The minimum absolute atomic E-state index is 0.141. The van der Waals surface area contributed by atoms with E-state index in [9.17, 15) is 4.79 Å². The molecule has 0 radical (unpaired) electrons. The van der Waals surface area contributed by atoms with E-state index in [1.54, 1.807) is 11.8 Å². The first-order chi connectivity index (χ1) is 5.75. The lowest BCUT2D eigenvalue weighted by Crippen LogP contribution is -2.48. The summed E-state index contributed by atoms with van der Waals surface area (Å²) in [6.07, 6.45) is 2.62. The van der Waals surface area contributed by atoms with Crippen molar-refractivity contribution in [2.24, 2.45) is 5.73 Å². The number of likely N-dealkylation sites (tertiary alicyclic amines) is 1. The van der Waals surface area contributed by atoms with Crippen LogP contribution >= 0.6 is 0 Å². The summed E-state index contributed by atoms with van der Waals surface area (Å²) < 4.78 is 4.86. The molecule has 12 heavy (non-hydrogen) atoms. The van der Waals surface area contributed by atoms with Crippen molar-refractivity contribution >= 4 is 6.09 Å². The van der Waals surface area contributed by atoms with Crippen molar-refractivity contribution in [2.45, 2.75) is 32.4 Å². The minimum Gasteiger partial charge on any atom is -0.450 e. The predicted molar refractivity (Wildman–Crippen MR) is 45.6 cm³/mol. The molecule has 1 aliphatic rings. The summed E-state index contributed by atoms with van der Waals surface area (Å²) in [5.74, 6) is 0. The van der Waals surface area contributed by atoms with Gasteiger partial charge in [-0.2, -0.15) is 0 Å². The van der Waals surface area contributed by atoms with Crippen LogP contribution in [0.25, 0.3) is 0 Å². The van der Waals surface area contributed by atoms with E-state index in [0.717, 1.165) is 25.8 Å². The third kappa shape index (κ3) is 2.11. The van der Waals surface area contributed by atoms with Crippen LogP contribution in [-0.2, 0) is 4.74 Å². The monoisotopic (exact) mass is 172 g/mol.